The molecule has 0 amide bonds. The molecule has 0 aliphatic rings. The smallest absolute Gasteiger partial charge is 0.269 e. The van der Waals surface area contributed by atoms with Gasteiger partial charge in [-0.15, -0.1) is 0 Å². The summed E-state index contributed by atoms with van der Waals surface area (Å²) in [6, 6.07) is 5.94. The van der Waals surface area contributed by atoms with Gasteiger partial charge in [0.15, 0.2) is 12.6 Å². The van der Waals surface area contributed by atoms with Gasteiger partial charge < -0.3 is 4.57 Å². The maximum atomic E-state index is 11.1. The maximum Gasteiger partial charge on any atom is 0.269 e. The Bertz CT molecular complexity index is 667. The standard InChI is InChI=1S/C14H12N2O4/c1-9-13(7-17)14(8-18)10(2)15(9)11-3-5-12(6-4-11)16(19)20/h3-8H,1-2H3. The van der Waals surface area contributed by atoms with Crippen LogP contribution in [0.4, 0.5) is 5.69 Å². The number of nitro benzene ring substituents is 1. The lowest BCUT2D eigenvalue weighted by Crippen LogP contribution is -2.00. The lowest BCUT2D eigenvalue weighted by atomic mass is 10.1. The third-order valence-corrected chi connectivity index (χ3v) is 3.29. The van der Waals surface area contributed by atoms with E-state index in [1.165, 1.54) is 12.1 Å². The fourth-order valence-electron chi connectivity index (χ4n) is 2.29. The largest absolute Gasteiger partial charge is 0.317 e. The average Bonchev–Trinajstić information content (AvgIpc) is 2.68. The van der Waals surface area contributed by atoms with E-state index in [2.05, 4.69) is 0 Å². The van der Waals surface area contributed by atoms with Crippen LogP contribution in [0.15, 0.2) is 24.3 Å². The lowest BCUT2D eigenvalue weighted by Gasteiger charge is -2.09. The highest BCUT2D eigenvalue weighted by Crippen LogP contribution is 2.25. The molecule has 1 aromatic heterocycles. The summed E-state index contributed by atoms with van der Waals surface area (Å²) in [6.07, 6.45) is 1.29. The zero-order valence-corrected chi connectivity index (χ0v) is 11.0. The Kier molecular flexibility index (Phi) is 3.47. The van der Waals surface area contributed by atoms with Gasteiger partial charge >= 0.3 is 0 Å². The molecule has 0 unspecified atom stereocenters. The molecule has 0 radical (unpaired) electrons. The quantitative estimate of drug-likeness (QED) is 0.486. The minimum Gasteiger partial charge on any atom is -0.317 e. The summed E-state index contributed by atoms with van der Waals surface area (Å²) in [5, 5.41) is 10.6. The Hall–Kier alpha value is -2.76. The maximum absolute atomic E-state index is 11.1. The summed E-state index contributed by atoms with van der Waals surface area (Å²) in [5.41, 5.74) is 2.61. The molecule has 0 aliphatic carbocycles. The van der Waals surface area contributed by atoms with Gasteiger partial charge in [0.25, 0.3) is 5.69 Å². The minimum absolute atomic E-state index is 0.0116. The molecule has 1 heterocycles. The predicted octanol–water partition coefficient (Wildman–Crippen LogP) is 2.63. The zero-order chi connectivity index (χ0) is 14.9. The van der Waals surface area contributed by atoms with Crippen molar-refractivity contribution in [3.05, 3.63) is 56.9 Å². The van der Waals surface area contributed by atoms with Gasteiger partial charge in [-0.1, -0.05) is 0 Å². The average molecular weight is 272 g/mol. The van der Waals surface area contributed by atoms with Crippen molar-refractivity contribution in [1.29, 1.82) is 0 Å². The minimum atomic E-state index is -0.479. The summed E-state index contributed by atoms with van der Waals surface area (Å²) in [5.74, 6) is 0. The monoisotopic (exact) mass is 272 g/mol. The predicted molar refractivity (Wildman–Crippen MR) is 72.7 cm³/mol. The van der Waals surface area contributed by atoms with Gasteiger partial charge in [0.1, 0.15) is 0 Å². The van der Waals surface area contributed by atoms with E-state index in [4.69, 9.17) is 0 Å². The number of nitro groups is 1. The molecular formula is C14H12N2O4. The number of hydrogen-bond donors (Lipinski definition) is 0. The molecule has 0 saturated carbocycles. The van der Waals surface area contributed by atoms with Crippen molar-refractivity contribution in [3.63, 3.8) is 0 Å². The van der Waals surface area contributed by atoms with Crippen LogP contribution in [0, 0.1) is 24.0 Å². The van der Waals surface area contributed by atoms with Crippen molar-refractivity contribution in [2.75, 3.05) is 0 Å². The highest BCUT2D eigenvalue weighted by atomic mass is 16.6. The first-order valence-corrected chi connectivity index (χ1v) is 5.88. The second-order valence-corrected chi connectivity index (χ2v) is 4.34. The topological polar surface area (TPSA) is 82.2 Å². The molecule has 2 rings (SSSR count). The SMILES string of the molecule is Cc1c(C=O)c(C=O)c(C)n1-c1ccc([N+](=O)[O-])cc1. The van der Waals surface area contributed by atoms with Crippen molar-refractivity contribution in [2.24, 2.45) is 0 Å². The van der Waals surface area contributed by atoms with Gasteiger partial charge in [-0.25, -0.2) is 0 Å². The third kappa shape index (κ3) is 2.01. The number of aromatic nitrogens is 1. The van der Waals surface area contributed by atoms with E-state index < -0.39 is 4.92 Å². The van der Waals surface area contributed by atoms with Crippen LogP contribution in [0.1, 0.15) is 32.1 Å². The van der Waals surface area contributed by atoms with Crippen molar-refractivity contribution < 1.29 is 14.5 Å². The number of hydrogen-bond acceptors (Lipinski definition) is 4. The molecule has 0 N–H and O–H groups in total. The molecule has 2 aromatic rings. The van der Waals surface area contributed by atoms with E-state index in [9.17, 15) is 19.7 Å². The van der Waals surface area contributed by atoms with Crippen molar-refractivity contribution in [2.45, 2.75) is 13.8 Å². The van der Waals surface area contributed by atoms with Crippen LogP contribution in [0.25, 0.3) is 5.69 Å². The Morgan fingerprint density at radius 3 is 1.80 bits per heavy atom. The molecule has 1 aromatic carbocycles. The summed E-state index contributed by atoms with van der Waals surface area (Å²) in [7, 11) is 0. The van der Waals surface area contributed by atoms with Gasteiger partial charge in [0.2, 0.25) is 0 Å². The van der Waals surface area contributed by atoms with E-state index in [0.29, 0.717) is 40.8 Å². The van der Waals surface area contributed by atoms with Crippen molar-refractivity contribution in [3.8, 4) is 5.69 Å². The molecule has 0 atom stereocenters. The number of aldehydes is 2. The number of carbonyl (C=O) groups excluding carboxylic acids is 2. The molecule has 0 spiro atoms. The summed E-state index contributed by atoms with van der Waals surface area (Å²) in [6.45, 7) is 3.45. The van der Waals surface area contributed by atoms with E-state index >= 15 is 0 Å². The number of rotatable bonds is 4. The summed E-state index contributed by atoms with van der Waals surface area (Å²) >= 11 is 0. The van der Waals surface area contributed by atoms with Gasteiger partial charge in [-0.2, -0.15) is 0 Å². The molecule has 6 heteroatoms. The molecule has 0 saturated heterocycles. The van der Waals surface area contributed by atoms with E-state index in [1.807, 2.05) is 0 Å². The molecule has 0 aliphatic heterocycles. The molecule has 20 heavy (non-hydrogen) atoms. The second kappa shape index (κ2) is 5.08. The van der Waals surface area contributed by atoms with Crippen molar-refractivity contribution >= 4 is 18.3 Å². The first-order chi connectivity index (χ1) is 9.51. The Labute approximate surface area is 114 Å². The Morgan fingerprint density at radius 1 is 1.00 bits per heavy atom. The van der Waals surface area contributed by atoms with Gasteiger partial charge in [-0.05, 0) is 26.0 Å². The number of non-ortho nitro benzene ring substituents is 1. The second-order valence-electron chi connectivity index (χ2n) is 4.34. The summed E-state index contributed by atoms with van der Waals surface area (Å²) < 4.78 is 1.73. The normalized spacial score (nSPS) is 10.3. The lowest BCUT2D eigenvalue weighted by molar-refractivity contribution is -0.384. The Balaban J connectivity index is 2.63. The fraction of sp³-hybridized carbons (Fsp3) is 0.143. The molecule has 0 bridgehead atoms. The van der Waals surface area contributed by atoms with E-state index in [-0.39, 0.29) is 5.69 Å². The van der Waals surface area contributed by atoms with Crippen LogP contribution in [-0.4, -0.2) is 22.1 Å². The molecule has 6 nitrogen and oxygen atoms in total. The van der Waals surface area contributed by atoms with E-state index in [0.717, 1.165) is 0 Å². The number of carbonyl (C=O) groups is 2. The van der Waals surface area contributed by atoms with Crippen LogP contribution >= 0.6 is 0 Å². The van der Waals surface area contributed by atoms with Crippen LogP contribution in [-0.2, 0) is 0 Å². The number of benzene rings is 1. The highest BCUT2D eigenvalue weighted by Gasteiger charge is 2.18. The van der Waals surface area contributed by atoms with Crippen LogP contribution < -0.4 is 0 Å². The first-order valence-electron chi connectivity index (χ1n) is 5.88. The van der Waals surface area contributed by atoms with Gasteiger partial charge in [-0.3, -0.25) is 19.7 Å². The Morgan fingerprint density at radius 2 is 1.45 bits per heavy atom. The third-order valence-electron chi connectivity index (χ3n) is 3.29. The van der Waals surface area contributed by atoms with Gasteiger partial charge in [0.05, 0.1) is 4.92 Å². The highest BCUT2D eigenvalue weighted by molar-refractivity contribution is 5.93. The summed E-state index contributed by atoms with van der Waals surface area (Å²) in [4.78, 5) is 32.3. The van der Waals surface area contributed by atoms with Crippen LogP contribution in [0.2, 0.25) is 0 Å². The van der Waals surface area contributed by atoms with Gasteiger partial charge in [0, 0.05) is 40.3 Å². The molecule has 0 fully saturated rings. The molecule has 102 valence electrons. The first kappa shape index (κ1) is 13.7. The van der Waals surface area contributed by atoms with E-state index in [1.54, 1.807) is 30.5 Å². The number of nitrogens with zero attached hydrogens (tertiary/aromatic N) is 2. The zero-order valence-electron chi connectivity index (χ0n) is 11.0. The van der Waals surface area contributed by atoms with Crippen LogP contribution in [0.3, 0.4) is 0 Å². The van der Waals surface area contributed by atoms with Crippen LogP contribution in [0.5, 0.6) is 0 Å². The fourth-order valence-corrected chi connectivity index (χ4v) is 2.29. The van der Waals surface area contributed by atoms with Crippen molar-refractivity contribution in [1.82, 2.24) is 4.57 Å². The molecular weight excluding hydrogens is 260 g/mol.